The van der Waals surface area contributed by atoms with Crippen LogP contribution in [0.3, 0.4) is 0 Å². The average molecular weight is 296 g/mol. The number of carbonyl (C=O) groups excluding carboxylic acids is 1. The highest BCUT2D eigenvalue weighted by molar-refractivity contribution is 5.82. The molecule has 5 nitrogen and oxygen atoms in total. The van der Waals surface area contributed by atoms with Crippen molar-refractivity contribution in [2.75, 3.05) is 13.1 Å². The van der Waals surface area contributed by atoms with E-state index in [2.05, 4.69) is 21.4 Å². The van der Waals surface area contributed by atoms with Crippen molar-refractivity contribution >= 4 is 5.91 Å². The van der Waals surface area contributed by atoms with Gasteiger partial charge in [-0.05, 0) is 36.9 Å². The number of amides is 1. The van der Waals surface area contributed by atoms with E-state index in [4.69, 9.17) is 5.73 Å². The number of benzene rings is 1. The third kappa shape index (κ3) is 2.85. The number of primary amides is 1. The molecule has 3 rings (SSSR count). The van der Waals surface area contributed by atoms with Gasteiger partial charge in [-0.25, -0.2) is 9.97 Å². The molecule has 22 heavy (non-hydrogen) atoms. The number of rotatable bonds is 4. The van der Waals surface area contributed by atoms with Crippen LogP contribution in [0, 0.1) is 5.41 Å². The Morgan fingerprint density at radius 2 is 2.05 bits per heavy atom. The Morgan fingerprint density at radius 3 is 2.73 bits per heavy atom. The monoisotopic (exact) mass is 296 g/mol. The molecule has 1 aliphatic rings. The lowest BCUT2D eigenvalue weighted by Crippen LogP contribution is -2.50. The Labute approximate surface area is 130 Å². The van der Waals surface area contributed by atoms with E-state index in [1.165, 1.54) is 6.33 Å². The van der Waals surface area contributed by atoms with E-state index in [0.29, 0.717) is 13.0 Å². The second-order valence-electron chi connectivity index (χ2n) is 5.89. The molecule has 114 valence electrons. The quantitative estimate of drug-likeness (QED) is 0.897. The maximum atomic E-state index is 12.1. The van der Waals surface area contributed by atoms with Crippen molar-refractivity contribution in [1.82, 2.24) is 15.3 Å². The Morgan fingerprint density at radius 1 is 1.27 bits per heavy atom. The number of hydrogen-bond donors (Lipinski definition) is 2. The third-order valence-electron chi connectivity index (χ3n) is 4.41. The average Bonchev–Trinajstić information content (AvgIpc) is 2.57. The zero-order chi connectivity index (χ0) is 15.4. The lowest BCUT2D eigenvalue weighted by Gasteiger charge is -2.35. The molecule has 0 bridgehead atoms. The highest BCUT2D eigenvalue weighted by Gasteiger charge is 2.38. The van der Waals surface area contributed by atoms with Crippen LogP contribution in [-0.2, 0) is 11.2 Å². The minimum Gasteiger partial charge on any atom is -0.369 e. The van der Waals surface area contributed by atoms with Crippen molar-refractivity contribution in [3.8, 4) is 11.1 Å². The van der Waals surface area contributed by atoms with Crippen LogP contribution < -0.4 is 11.1 Å². The molecule has 1 aromatic carbocycles. The van der Waals surface area contributed by atoms with Crippen LogP contribution in [0.2, 0.25) is 0 Å². The van der Waals surface area contributed by atoms with Gasteiger partial charge >= 0.3 is 0 Å². The Hall–Kier alpha value is -2.27. The first-order chi connectivity index (χ1) is 10.7. The molecule has 1 aliphatic heterocycles. The molecule has 1 fully saturated rings. The Balaban J connectivity index is 1.97. The summed E-state index contributed by atoms with van der Waals surface area (Å²) in [6.45, 7) is 1.59. The summed E-state index contributed by atoms with van der Waals surface area (Å²) in [5.41, 5.74) is 8.36. The van der Waals surface area contributed by atoms with Crippen molar-refractivity contribution in [3.63, 3.8) is 0 Å². The van der Waals surface area contributed by atoms with Gasteiger partial charge < -0.3 is 11.1 Å². The number of nitrogens with two attached hydrogens (primary N) is 1. The van der Waals surface area contributed by atoms with Gasteiger partial charge in [-0.2, -0.15) is 0 Å². The van der Waals surface area contributed by atoms with E-state index in [9.17, 15) is 4.79 Å². The number of nitrogens with zero attached hydrogens (tertiary/aromatic N) is 2. The molecule has 1 unspecified atom stereocenters. The lowest BCUT2D eigenvalue weighted by molar-refractivity contribution is -0.128. The first-order valence-electron chi connectivity index (χ1n) is 7.55. The zero-order valence-electron chi connectivity index (χ0n) is 12.5. The highest BCUT2D eigenvalue weighted by atomic mass is 16.1. The molecule has 0 aliphatic carbocycles. The summed E-state index contributed by atoms with van der Waals surface area (Å²) in [6, 6.07) is 8.08. The van der Waals surface area contributed by atoms with Crippen molar-refractivity contribution in [1.29, 1.82) is 0 Å². The summed E-state index contributed by atoms with van der Waals surface area (Å²) in [6.07, 6.45) is 7.54. The van der Waals surface area contributed by atoms with Gasteiger partial charge in [0.25, 0.3) is 0 Å². The molecule has 1 amide bonds. The van der Waals surface area contributed by atoms with E-state index in [1.54, 1.807) is 12.4 Å². The number of nitrogens with one attached hydrogen (secondary N) is 1. The van der Waals surface area contributed by atoms with Crippen LogP contribution in [0.15, 0.2) is 43.0 Å². The number of carbonyl (C=O) groups is 1. The molecular weight excluding hydrogens is 276 g/mol. The zero-order valence-corrected chi connectivity index (χ0v) is 12.5. The van der Waals surface area contributed by atoms with Gasteiger partial charge in [-0.1, -0.05) is 24.3 Å². The molecule has 0 saturated carbocycles. The van der Waals surface area contributed by atoms with E-state index in [-0.39, 0.29) is 5.91 Å². The fourth-order valence-corrected chi connectivity index (χ4v) is 3.17. The predicted octanol–water partition coefficient (Wildman–Crippen LogP) is 1.54. The fourth-order valence-electron chi connectivity index (χ4n) is 3.17. The van der Waals surface area contributed by atoms with Crippen LogP contribution in [0.1, 0.15) is 18.4 Å². The van der Waals surface area contributed by atoms with Gasteiger partial charge in [-0.15, -0.1) is 0 Å². The number of hydrogen-bond acceptors (Lipinski definition) is 4. The maximum absolute atomic E-state index is 12.1. The Kier molecular flexibility index (Phi) is 4.15. The van der Waals surface area contributed by atoms with Crippen molar-refractivity contribution in [2.45, 2.75) is 19.3 Å². The van der Waals surface area contributed by atoms with Crippen LogP contribution in [-0.4, -0.2) is 29.0 Å². The molecule has 2 heterocycles. The van der Waals surface area contributed by atoms with E-state index in [0.717, 1.165) is 36.1 Å². The SMILES string of the molecule is NC(=O)C1(Cc2ccccc2-c2cncnc2)CCCNC1. The first-order valence-corrected chi connectivity index (χ1v) is 7.55. The van der Waals surface area contributed by atoms with Crippen LogP contribution >= 0.6 is 0 Å². The van der Waals surface area contributed by atoms with Gasteiger partial charge in [0.05, 0.1) is 5.41 Å². The predicted molar refractivity (Wildman–Crippen MR) is 84.9 cm³/mol. The molecule has 0 spiro atoms. The highest BCUT2D eigenvalue weighted by Crippen LogP contribution is 2.34. The van der Waals surface area contributed by atoms with E-state index >= 15 is 0 Å². The summed E-state index contributed by atoms with van der Waals surface area (Å²) in [5.74, 6) is -0.223. The minimum atomic E-state index is -0.510. The molecule has 2 aromatic rings. The van der Waals surface area contributed by atoms with Gasteiger partial charge in [-0.3, -0.25) is 4.79 Å². The molecule has 3 N–H and O–H groups in total. The van der Waals surface area contributed by atoms with Crippen LogP contribution in [0.5, 0.6) is 0 Å². The molecular formula is C17H20N4O. The molecule has 5 heteroatoms. The van der Waals surface area contributed by atoms with Crippen LogP contribution in [0.4, 0.5) is 0 Å². The normalized spacial score (nSPS) is 21.5. The first kappa shape index (κ1) is 14.7. The third-order valence-corrected chi connectivity index (χ3v) is 4.41. The van der Waals surface area contributed by atoms with Crippen molar-refractivity contribution < 1.29 is 4.79 Å². The van der Waals surface area contributed by atoms with Gasteiger partial charge in [0.15, 0.2) is 0 Å². The molecule has 1 atom stereocenters. The topological polar surface area (TPSA) is 80.9 Å². The van der Waals surface area contributed by atoms with Crippen molar-refractivity contribution in [3.05, 3.63) is 48.5 Å². The fraction of sp³-hybridized carbons (Fsp3) is 0.353. The molecule has 1 aromatic heterocycles. The van der Waals surface area contributed by atoms with Crippen LogP contribution in [0.25, 0.3) is 11.1 Å². The maximum Gasteiger partial charge on any atom is 0.225 e. The van der Waals surface area contributed by atoms with E-state index < -0.39 is 5.41 Å². The van der Waals surface area contributed by atoms with Crippen molar-refractivity contribution in [2.24, 2.45) is 11.1 Å². The summed E-state index contributed by atoms with van der Waals surface area (Å²) >= 11 is 0. The summed E-state index contributed by atoms with van der Waals surface area (Å²) in [7, 11) is 0. The number of aromatic nitrogens is 2. The smallest absolute Gasteiger partial charge is 0.225 e. The number of piperidine rings is 1. The Bertz CT molecular complexity index is 651. The minimum absolute atomic E-state index is 0.223. The van der Waals surface area contributed by atoms with Gasteiger partial charge in [0.1, 0.15) is 6.33 Å². The van der Waals surface area contributed by atoms with Gasteiger partial charge in [0.2, 0.25) is 5.91 Å². The lowest BCUT2D eigenvalue weighted by atomic mass is 9.74. The second-order valence-corrected chi connectivity index (χ2v) is 5.89. The largest absolute Gasteiger partial charge is 0.369 e. The summed E-state index contributed by atoms with van der Waals surface area (Å²) < 4.78 is 0. The van der Waals surface area contributed by atoms with Gasteiger partial charge in [0, 0.05) is 24.5 Å². The second kappa shape index (κ2) is 6.23. The van der Waals surface area contributed by atoms with E-state index in [1.807, 2.05) is 18.2 Å². The summed E-state index contributed by atoms with van der Waals surface area (Å²) in [5, 5.41) is 3.31. The molecule has 0 radical (unpaired) electrons. The standard InChI is InChI=1S/C17H20N4O/c18-16(22)17(6-3-7-19-11-17)8-13-4-1-2-5-15(13)14-9-20-12-21-10-14/h1-2,4-5,9-10,12,19H,3,6-8,11H2,(H2,18,22). The molecule has 1 saturated heterocycles. The summed E-state index contributed by atoms with van der Waals surface area (Å²) in [4.78, 5) is 20.3.